The molecule has 0 saturated heterocycles. The van der Waals surface area contributed by atoms with E-state index in [2.05, 4.69) is 19.8 Å². The maximum atomic E-state index is 5.52. The Labute approximate surface area is 90.5 Å². The fourth-order valence-corrected chi connectivity index (χ4v) is 1.77. The highest BCUT2D eigenvalue weighted by Crippen LogP contribution is 2.16. The van der Waals surface area contributed by atoms with E-state index in [9.17, 15) is 0 Å². The van der Waals surface area contributed by atoms with E-state index < -0.39 is 0 Å². The Morgan fingerprint density at radius 3 is 1.86 bits per heavy atom. The topological polar surface area (TPSA) is 0 Å². The zero-order valence-electron chi connectivity index (χ0n) is 10.0. The molecule has 0 N–H and O–H groups in total. The summed E-state index contributed by atoms with van der Waals surface area (Å²) in [6.45, 7) is 4.49. The van der Waals surface area contributed by atoms with Gasteiger partial charge in [-0.3, -0.25) is 0 Å². The molecule has 0 radical (unpaired) electrons. The molecule has 0 amide bonds. The maximum absolute atomic E-state index is 5.52. The van der Waals surface area contributed by atoms with Crippen LogP contribution in [-0.4, -0.2) is 0 Å². The van der Waals surface area contributed by atoms with Gasteiger partial charge in [0.25, 0.3) is 0 Å². The first-order chi connectivity index (χ1) is 6.85. The van der Waals surface area contributed by atoms with Crippen molar-refractivity contribution in [2.24, 2.45) is 5.92 Å². The van der Waals surface area contributed by atoms with Crippen LogP contribution in [0.25, 0.3) is 0 Å². The van der Waals surface area contributed by atoms with Crippen LogP contribution in [0.3, 0.4) is 0 Å². The van der Waals surface area contributed by atoms with Crippen molar-refractivity contribution < 1.29 is 0 Å². The molecule has 0 saturated carbocycles. The first-order valence-electron chi connectivity index (χ1n) is 6.31. The molecule has 0 fully saturated rings. The van der Waals surface area contributed by atoms with Gasteiger partial charge in [-0.15, -0.1) is 12.3 Å². The summed E-state index contributed by atoms with van der Waals surface area (Å²) in [5.41, 5.74) is 0. The van der Waals surface area contributed by atoms with Crippen LogP contribution in [0.4, 0.5) is 0 Å². The molecule has 0 bridgehead atoms. The molecule has 14 heavy (non-hydrogen) atoms. The van der Waals surface area contributed by atoms with Gasteiger partial charge in [-0.1, -0.05) is 58.8 Å². The molecule has 82 valence electrons. The van der Waals surface area contributed by atoms with E-state index in [4.69, 9.17) is 6.42 Å². The van der Waals surface area contributed by atoms with Gasteiger partial charge in [0.1, 0.15) is 0 Å². The van der Waals surface area contributed by atoms with Crippen molar-refractivity contribution in [3.05, 3.63) is 0 Å². The summed E-state index contributed by atoms with van der Waals surface area (Å²) in [5, 5.41) is 0. The summed E-state index contributed by atoms with van der Waals surface area (Å²) in [6, 6.07) is 0. The fraction of sp³-hybridized carbons (Fsp3) is 0.857. The predicted octanol–water partition coefficient (Wildman–Crippen LogP) is 4.79. The molecule has 0 aromatic heterocycles. The lowest BCUT2D eigenvalue weighted by Crippen LogP contribution is -1.97. The third-order valence-corrected chi connectivity index (χ3v) is 2.80. The molecule has 0 aromatic carbocycles. The molecule has 0 rings (SSSR count). The van der Waals surface area contributed by atoms with E-state index in [0.29, 0.717) is 5.92 Å². The third kappa shape index (κ3) is 8.17. The Morgan fingerprint density at radius 1 is 0.857 bits per heavy atom. The normalized spacial score (nSPS) is 12.4. The van der Waals surface area contributed by atoms with Crippen LogP contribution in [0.2, 0.25) is 0 Å². The summed E-state index contributed by atoms with van der Waals surface area (Å²) in [5.74, 6) is 3.49. The molecular weight excluding hydrogens is 168 g/mol. The van der Waals surface area contributed by atoms with Crippen molar-refractivity contribution in [3.63, 3.8) is 0 Å². The highest BCUT2D eigenvalue weighted by molar-refractivity contribution is 4.92. The average molecular weight is 194 g/mol. The van der Waals surface area contributed by atoms with Crippen molar-refractivity contribution in [2.45, 2.75) is 71.6 Å². The second-order valence-corrected chi connectivity index (χ2v) is 4.21. The number of terminal acetylenes is 1. The van der Waals surface area contributed by atoms with Crippen LogP contribution < -0.4 is 0 Å². The third-order valence-electron chi connectivity index (χ3n) is 2.80. The minimum absolute atomic E-state index is 0.554. The quantitative estimate of drug-likeness (QED) is 0.366. The van der Waals surface area contributed by atoms with Gasteiger partial charge in [-0.05, 0) is 12.8 Å². The second-order valence-electron chi connectivity index (χ2n) is 4.21. The summed E-state index contributed by atoms with van der Waals surface area (Å²) in [4.78, 5) is 0. The van der Waals surface area contributed by atoms with Crippen molar-refractivity contribution in [3.8, 4) is 12.3 Å². The standard InChI is InChI=1S/C14H26/c1-4-7-9-11-13-14(6-3)12-10-8-5-2/h3,14H,4-5,7-13H2,1-2H3. The van der Waals surface area contributed by atoms with E-state index >= 15 is 0 Å². The second kappa shape index (κ2) is 10.6. The molecule has 0 aliphatic rings. The maximum Gasteiger partial charge on any atom is 0.0200 e. The Kier molecular flexibility index (Phi) is 10.3. The van der Waals surface area contributed by atoms with E-state index in [1.165, 1.54) is 57.8 Å². The lowest BCUT2D eigenvalue weighted by molar-refractivity contribution is 0.489. The number of hydrogen-bond acceptors (Lipinski definition) is 0. The smallest absolute Gasteiger partial charge is 0.0200 e. The number of hydrogen-bond donors (Lipinski definition) is 0. The highest BCUT2D eigenvalue weighted by atomic mass is 14.1. The van der Waals surface area contributed by atoms with E-state index in [0.717, 1.165) is 0 Å². The highest BCUT2D eigenvalue weighted by Gasteiger charge is 2.03. The minimum Gasteiger partial charge on any atom is -0.120 e. The molecule has 0 aromatic rings. The van der Waals surface area contributed by atoms with Crippen LogP contribution >= 0.6 is 0 Å². The van der Waals surface area contributed by atoms with Gasteiger partial charge in [-0.25, -0.2) is 0 Å². The lowest BCUT2D eigenvalue weighted by atomic mass is 9.96. The summed E-state index contributed by atoms with van der Waals surface area (Å²) in [6.07, 6.45) is 17.3. The van der Waals surface area contributed by atoms with Gasteiger partial charge in [-0.2, -0.15) is 0 Å². The van der Waals surface area contributed by atoms with Gasteiger partial charge in [0.05, 0.1) is 0 Å². The van der Waals surface area contributed by atoms with Crippen molar-refractivity contribution >= 4 is 0 Å². The molecule has 0 aliphatic carbocycles. The molecule has 0 nitrogen and oxygen atoms in total. The molecule has 1 unspecified atom stereocenters. The van der Waals surface area contributed by atoms with Crippen molar-refractivity contribution in [1.29, 1.82) is 0 Å². The lowest BCUT2D eigenvalue weighted by Gasteiger charge is -2.09. The average Bonchev–Trinajstić information content (AvgIpc) is 2.22. The summed E-state index contributed by atoms with van der Waals surface area (Å²) < 4.78 is 0. The number of rotatable bonds is 9. The minimum atomic E-state index is 0.554. The zero-order valence-corrected chi connectivity index (χ0v) is 10.0. The Morgan fingerprint density at radius 2 is 1.36 bits per heavy atom. The van der Waals surface area contributed by atoms with Gasteiger partial charge in [0.15, 0.2) is 0 Å². The van der Waals surface area contributed by atoms with Gasteiger partial charge in [0.2, 0.25) is 0 Å². The van der Waals surface area contributed by atoms with Crippen LogP contribution in [0.1, 0.15) is 71.6 Å². The summed E-state index contributed by atoms with van der Waals surface area (Å²) in [7, 11) is 0. The Hall–Kier alpha value is -0.440. The van der Waals surface area contributed by atoms with Crippen LogP contribution in [0, 0.1) is 18.3 Å². The first kappa shape index (κ1) is 13.6. The van der Waals surface area contributed by atoms with Crippen LogP contribution in [-0.2, 0) is 0 Å². The van der Waals surface area contributed by atoms with Gasteiger partial charge in [0, 0.05) is 5.92 Å². The molecule has 1 atom stereocenters. The van der Waals surface area contributed by atoms with Crippen molar-refractivity contribution in [1.82, 2.24) is 0 Å². The monoisotopic (exact) mass is 194 g/mol. The van der Waals surface area contributed by atoms with Gasteiger partial charge < -0.3 is 0 Å². The van der Waals surface area contributed by atoms with E-state index in [-0.39, 0.29) is 0 Å². The fourth-order valence-electron chi connectivity index (χ4n) is 1.77. The van der Waals surface area contributed by atoms with E-state index in [1.807, 2.05) is 0 Å². The predicted molar refractivity (Wildman–Crippen MR) is 65.2 cm³/mol. The Bertz CT molecular complexity index is 141. The molecule has 0 spiro atoms. The van der Waals surface area contributed by atoms with E-state index in [1.54, 1.807) is 0 Å². The van der Waals surface area contributed by atoms with Crippen LogP contribution in [0.5, 0.6) is 0 Å². The number of unbranched alkanes of at least 4 members (excludes halogenated alkanes) is 5. The first-order valence-corrected chi connectivity index (χ1v) is 6.31. The largest absolute Gasteiger partial charge is 0.120 e. The van der Waals surface area contributed by atoms with Crippen molar-refractivity contribution in [2.75, 3.05) is 0 Å². The van der Waals surface area contributed by atoms with Crippen LogP contribution in [0.15, 0.2) is 0 Å². The Balaban J connectivity index is 3.35. The van der Waals surface area contributed by atoms with Gasteiger partial charge >= 0.3 is 0 Å². The molecular formula is C14H26. The summed E-state index contributed by atoms with van der Waals surface area (Å²) >= 11 is 0. The molecule has 0 aliphatic heterocycles. The molecule has 0 heteroatoms. The zero-order chi connectivity index (χ0) is 10.6. The SMILES string of the molecule is C#CC(CCCCC)CCCCCC. The molecule has 0 heterocycles.